The van der Waals surface area contributed by atoms with Gasteiger partial charge in [-0.3, -0.25) is 0 Å². The Labute approximate surface area is 118 Å². The lowest BCUT2D eigenvalue weighted by atomic mass is 10.3. The fourth-order valence-electron chi connectivity index (χ4n) is 1.30. The van der Waals surface area contributed by atoms with Gasteiger partial charge in [0.25, 0.3) is 0 Å². The summed E-state index contributed by atoms with van der Waals surface area (Å²) < 4.78 is 5.37. The molecule has 3 nitrogen and oxygen atoms in total. The summed E-state index contributed by atoms with van der Waals surface area (Å²) in [5.74, 6) is -0.549. The van der Waals surface area contributed by atoms with Crippen LogP contribution in [0.15, 0.2) is 30.3 Å². The summed E-state index contributed by atoms with van der Waals surface area (Å²) >= 11 is 17.3. The number of ether oxygens (including phenoxy) is 1. The van der Waals surface area contributed by atoms with Crippen molar-refractivity contribution in [2.75, 3.05) is 0 Å². The van der Waals surface area contributed by atoms with Crippen molar-refractivity contribution in [1.82, 2.24) is 0 Å². The summed E-state index contributed by atoms with van der Waals surface area (Å²) in [7, 11) is 0. The number of hydrogen-bond donors (Lipinski definition) is 2. The van der Waals surface area contributed by atoms with Crippen molar-refractivity contribution >= 4 is 34.8 Å². The van der Waals surface area contributed by atoms with Crippen molar-refractivity contribution < 1.29 is 14.9 Å². The second-order valence-electron chi connectivity index (χ2n) is 3.42. The lowest BCUT2D eigenvalue weighted by Gasteiger charge is -2.10. The van der Waals surface area contributed by atoms with Gasteiger partial charge in [-0.15, -0.1) is 0 Å². The molecule has 0 heterocycles. The van der Waals surface area contributed by atoms with E-state index in [0.29, 0.717) is 10.8 Å². The SMILES string of the molecule is Oc1c(Cl)ccc(Oc2ccc(Cl)cc2Cl)c1O. The van der Waals surface area contributed by atoms with E-state index >= 15 is 0 Å². The van der Waals surface area contributed by atoms with Crippen molar-refractivity contribution in [2.45, 2.75) is 0 Å². The first-order valence-corrected chi connectivity index (χ1v) is 5.96. The quantitative estimate of drug-likeness (QED) is 0.780. The summed E-state index contributed by atoms with van der Waals surface area (Å²) in [6, 6.07) is 7.47. The number of phenols is 2. The molecule has 0 aromatic heterocycles. The van der Waals surface area contributed by atoms with E-state index in [9.17, 15) is 10.2 Å². The zero-order valence-corrected chi connectivity index (χ0v) is 11.1. The number of phenolic OH excluding ortho intramolecular Hbond substituents is 2. The molecule has 2 aromatic rings. The molecule has 0 aliphatic carbocycles. The number of hydrogen-bond acceptors (Lipinski definition) is 3. The van der Waals surface area contributed by atoms with Gasteiger partial charge in [0, 0.05) is 5.02 Å². The highest BCUT2D eigenvalue weighted by atomic mass is 35.5. The lowest BCUT2D eigenvalue weighted by Crippen LogP contribution is -1.86. The fourth-order valence-corrected chi connectivity index (χ4v) is 1.89. The first kappa shape index (κ1) is 13.1. The van der Waals surface area contributed by atoms with E-state index in [0.717, 1.165) is 0 Å². The van der Waals surface area contributed by atoms with Crippen molar-refractivity contribution in [2.24, 2.45) is 0 Å². The molecular weight excluding hydrogens is 298 g/mol. The summed E-state index contributed by atoms with van der Waals surface area (Å²) in [6.07, 6.45) is 0. The predicted molar refractivity (Wildman–Crippen MR) is 71.3 cm³/mol. The summed E-state index contributed by atoms with van der Waals surface area (Å²) in [4.78, 5) is 0. The molecule has 0 fully saturated rings. The van der Waals surface area contributed by atoms with Crippen LogP contribution < -0.4 is 4.74 Å². The maximum atomic E-state index is 9.66. The van der Waals surface area contributed by atoms with E-state index in [4.69, 9.17) is 39.5 Å². The lowest BCUT2D eigenvalue weighted by molar-refractivity contribution is 0.373. The van der Waals surface area contributed by atoms with Crippen LogP contribution in [0.1, 0.15) is 0 Å². The van der Waals surface area contributed by atoms with Gasteiger partial charge < -0.3 is 14.9 Å². The Kier molecular flexibility index (Phi) is 3.76. The Morgan fingerprint density at radius 2 is 1.44 bits per heavy atom. The van der Waals surface area contributed by atoms with Gasteiger partial charge in [0.2, 0.25) is 5.75 Å². The third-order valence-electron chi connectivity index (χ3n) is 2.18. The molecule has 0 saturated heterocycles. The highest BCUT2D eigenvalue weighted by Gasteiger charge is 2.13. The molecule has 2 N–H and O–H groups in total. The maximum absolute atomic E-state index is 9.66. The van der Waals surface area contributed by atoms with E-state index in [1.165, 1.54) is 18.2 Å². The van der Waals surface area contributed by atoms with Crippen LogP contribution in [-0.2, 0) is 0 Å². The van der Waals surface area contributed by atoms with E-state index in [2.05, 4.69) is 0 Å². The molecule has 0 radical (unpaired) electrons. The van der Waals surface area contributed by atoms with Crippen LogP contribution in [0, 0.1) is 0 Å². The van der Waals surface area contributed by atoms with Crippen LogP contribution in [0.25, 0.3) is 0 Å². The van der Waals surface area contributed by atoms with Gasteiger partial charge in [-0.1, -0.05) is 34.8 Å². The minimum Gasteiger partial charge on any atom is -0.503 e. The topological polar surface area (TPSA) is 49.7 Å². The molecule has 18 heavy (non-hydrogen) atoms. The zero-order chi connectivity index (χ0) is 13.3. The van der Waals surface area contributed by atoms with E-state index in [-0.39, 0.29) is 15.8 Å². The minimum absolute atomic E-state index is 0.0297. The van der Waals surface area contributed by atoms with Crippen LogP contribution in [0.3, 0.4) is 0 Å². The van der Waals surface area contributed by atoms with Gasteiger partial charge in [-0.05, 0) is 30.3 Å². The molecule has 0 aliphatic heterocycles. The van der Waals surface area contributed by atoms with Crippen LogP contribution in [0.4, 0.5) is 0 Å². The maximum Gasteiger partial charge on any atom is 0.202 e. The molecular formula is C12H7Cl3O3. The molecule has 0 saturated carbocycles. The Bertz CT molecular complexity index is 599. The highest BCUT2D eigenvalue weighted by molar-refractivity contribution is 6.35. The van der Waals surface area contributed by atoms with E-state index in [1.54, 1.807) is 12.1 Å². The molecule has 2 aromatic carbocycles. The van der Waals surface area contributed by atoms with Crippen LogP contribution in [0.2, 0.25) is 15.1 Å². The van der Waals surface area contributed by atoms with Gasteiger partial charge in [0.05, 0.1) is 10.0 Å². The smallest absolute Gasteiger partial charge is 0.202 e. The third-order valence-corrected chi connectivity index (χ3v) is 3.01. The first-order chi connectivity index (χ1) is 8.49. The highest BCUT2D eigenvalue weighted by Crippen LogP contribution is 2.43. The van der Waals surface area contributed by atoms with Gasteiger partial charge in [-0.25, -0.2) is 0 Å². The molecule has 94 valence electrons. The van der Waals surface area contributed by atoms with Crippen molar-refractivity contribution in [1.29, 1.82) is 0 Å². The fraction of sp³-hybridized carbons (Fsp3) is 0. The largest absolute Gasteiger partial charge is 0.503 e. The third kappa shape index (κ3) is 2.58. The Morgan fingerprint density at radius 1 is 0.778 bits per heavy atom. The zero-order valence-electron chi connectivity index (χ0n) is 8.82. The average Bonchev–Trinajstić information content (AvgIpc) is 2.33. The summed E-state index contributed by atoms with van der Waals surface area (Å²) in [6.45, 7) is 0. The predicted octanol–water partition coefficient (Wildman–Crippen LogP) is 4.85. The Balaban J connectivity index is 2.37. The summed E-state index contributed by atoms with van der Waals surface area (Å²) in [5.41, 5.74) is 0. The van der Waals surface area contributed by atoms with Gasteiger partial charge in [-0.2, -0.15) is 0 Å². The molecule has 6 heteroatoms. The van der Waals surface area contributed by atoms with Crippen molar-refractivity contribution in [3.05, 3.63) is 45.4 Å². The Hall–Kier alpha value is -1.29. The normalized spacial score (nSPS) is 10.4. The number of aromatic hydroxyl groups is 2. The average molecular weight is 306 g/mol. The first-order valence-electron chi connectivity index (χ1n) is 4.82. The van der Waals surface area contributed by atoms with Gasteiger partial charge >= 0.3 is 0 Å². The minimum atomic E-state index is -0.450. The second kappa shape index (κ2) is 5.14. The van der Waals surface area contributed by atoms with Crippen LogP contribution >= 0.6 is 34.8 Å². The number of rotatable bonds is 2. The Morgan fingerprint density at radius 3 is 2.11 bits per heavy atom. The molecule has 0 unspecified atom stereocenters. The van der Waals surface area contributed by atoms with Crippen LogP contribution in [0.5, 0.6) is 23.0 Å². The van der Waals surface area contributed by atoms with E-state index < -0.39 is 11.5 Å². The van der Waals surface area contributed by atoms with E-state index in [1.807, 2.05) is 0 Å². The summed E-state index contributed by atoms with van der Waals surface area (Å²) in [5, 5.41) is 19.9. The molecule has 0 aliphatic rings. The number of benzene rings is 2. The van der Waals surface area contributed by atoms with Crippen LogP contribution in [-0.4, -0.2) is 10.2 Å². The molecule has 0 spiro atoms. The second-order valence-corrected chi connectivity index (χ2v) is 4.67. The van der Waals surface area contributed by atoms with Gasteiger partial charge in [0.15, 0.2) is 11.5 Å². The monoisotopic (exact) mass is 304 g/mol. The van der Waals surface area contributed by atoms with Crippen molar-refractivity contribution in [3.8, 4) is 23.0 Å². The molecule has 0 atom stereocenters. The van der Waals surface area contributed by atoms with Gasteiger partial charge in [0.1, 0.15) is 5.75 Å². The molecule has 2 rings (SSSR count). The number of halogens is 3. The standard InChI is InChI=1S/C12H7Cl3O3/c13-6-1-3-9(8(15)5-6)18-10-4-2-7(14)11(16)12(10)17/h1-5,16-17H. The molecule has 0 amide bonds. The van der Waals surface area contributed by atoms with Crippen molar-refractivity contribution in [3.63, 3.8) is 0 Å². The molecule has 0 bridgehead atoms.